The third-order valence-electron chi connectivity index (χ3n) is 6.18. The first-order chi connectivity index (χ1) is 13.8. The molecule has 1 N–H and O–H groups in total. The van der Waals surface area contributed by atoms with Gasteiger partial charge in [0, 0.05) is 24.2 Å². The highest BCUT2D eigenvalue weighted by atomic mass is 32.2. The van der Waals surface area contributed by atoms with Crippen LogP contribution in [0, 0.1) is 6.92 Å². The molecule has 1 saturated carbocycles. The van der Waals surface area contributed by atoms with E-state index in [9.17, 15) is 13.2 Å². The van der Waals surface area contributed by atoms with E-state index in [1.165, 1.54) is 12.8 Å². The molecule has 2 heterocycles. The van der Waals surface area contributed by atoms with Crippen LogP contribution in [0.2, 0.25) is 0 Å². The van der Waals surface area contributed by atoms with Crippen LogP contribution in [0.4, 0.5) is 10.5 Å². The van der Waals surface area contributed by atoms with Crippen molar-refractivity contribution in [2.24, 2.45) is 0 Å². The van der Waals surface area contributed by atoms with Gasteiger partial charge in [0.1, 0.15) is 0 Å². The van der Waals surface area contributed by atoms with E-state index in [-0.39, 0.29) is 17.2 Å². The first kappa shape index (κ1) is 19.9. The fraction of sp³-hybridized carbons (Fsp3) is 0.455. The maximum absolute atomic E-state index is 13.0. The summed E-state index contributed by atoms with van der Waals surface area (Å²) in [6.07, 6.45) is 4.51. The molecule has 0 radical (unpaired) electrons. The number of fused-ring (bicyclic) bond motifs is 2. The molecule has 0 atom stereocenters. The van der Waals surface area contributed by atoms with Crippen molar-refractivity contribution >= 4 is 21.6 Å². The van der Waals surface area contributed by atoms with Crippen LogP contribution in [0.15, 0.2) is 41.3 Å². The van der Waals surface area contributed by atoms with E-state index in [0.29, 0.717) is 18.0 Å². The lowest BCUT2D eigenvalue weighted by atomic mass is 9.84. The van der Waals surface area contributed by atoms with Crippen molar-refractivity contribution in [3.05, 3.63) is 53.3 Å². The summed E-state index contributed by atoms with van der Waals surface area (Å²) in [5.74, 6) is 0.0761. The standard InChI is InChI=1S/C22H27N3O3S/c1-3-29(27,28)18-9-7-17(8-10-18)14-23-21(26)25-15-22(12-4-5-13-22)20-19(25)11-6-16(2)24-20/h6-11H,3-5,12-15H2,1-2H3,(H,23,26). The molecule has 7 heteroatoms. The Balaban J connectivity index is 1.48. The van der Waals surface area contributed by atoms with E-state index in [1.54, 1.807) is 31.2 Å². The van der Waals surface area contributed by atoms with E-state index in [1.807, 2.05) is 24.0 Å². The molecule has 2 aromatic rings. The Bertz CT molecular complexity index is 1030. The molecule has 2 aliphatic rings. The summed E-state index contributed by atoms with van der Waals surface area (Å²) in [6, 6.07) is 10.5. The lowest BCUT2D eigenvalue weighted by Crippen LogP contribution is -2.41. The third-order valence-corrected chi connectivity index (χ3v) is 7.93. The molecular formula is C22H27N3O3S. The Morgan fingerprint density at radius 3 is 2.48 bits per heavy atom. The molecule has 1 aromatic heterocycles. The number of carbonyl (C=O) groups is 1. The number of urea groups is 1. The number of nitrogens with zero attached hydrogens (tertiary/aromatic N) is 2. The van der Waals surface area contributed by atoms with Gasteiger partial charge in [0.25, 0.3) is 0 Å². The molecule has 1 fully saturated rings. The number of sulfone groups is 1. The summed E-state index contributed by atoms with van der Waals surface area (Å²) in [6.45, 7) is 4.65. The highest BCUT2D eigenvalue weighted by Crippen LogP contribution is 2.49. The summed E-state index contributed by atoms with van der Waals surface area (Å²) in [5.41, 5.74) is 3.83. The van der Waals surface area contributed by atoms with Crippen LogP contribution in [-0.2, 0) is 21.8 Å². The molecule has 1 aromatic carbocycles. The highest BCUT2D eigenvalue weighted by molar-refractivity contribution is 7.91. The number of benzene rings is 1. The second-order valence-electron chi connectivity index (χ2n) is 8.10. The Labute approximate surface area is 172 Å². The lowest BCUT2D eigenvalue weighted by molar-refractivity contribution is 0.245. The fourth-order valence-corrected chi connectivity index (χ4v) is 5.39. The first-order valence-electron chi connectivity index (χ1n) is 10.2. The zero-order chi connectivity index (χ0) is 20.6. The van der Waals surface area contributed by atoms with Gasteiger partial charge in [-0.25, -0.2) is 13.2 Å². The van der Waals surface area contributed by atoms with Gasteiger partial charge < -0.3 is 5.32 Å². The van der Waals surface area contributed by atoms with Gasteiger partial charge in [0.05, 0.1) is 22.0 Å². The van der Waals surface area contributed by atoms with Crippen LogP contribution in [0.5, 0.6) is 0 Å². The number of hydrogen-bond acceptors (Lipinski definition) is 4. The quantitative estimate of drug-likeness (QED) is 0.828. The first-order valence-corrected chi connectivity index (χ1v) is 11.9. The zero-order valence-electron chi connectivity index (χ0n) is 16.9. The largest absolute Gasteiger partial charge is 0.334 e. The van der Waals surface area contributed by atoms with Gasteiger partial charge >= 0.3 is 6.03 Å². The number of aryl methyl sites for hydroxylation is 1. The predicted octanol–water partition coefficient (Wildman–Crippen LogP) is 3.73. The van der Waals surface area contributed by atoms with E-state index >= 15 is 0 Å². The summed E-state index contributed by atoms with van der Waals surface area (Å²) in [4.78, 5) is 19.9. The number of hydrogen-bond donors (Lipinski definition) is 1. The highest BCUT2D eigenvalue weighted by Gasteiger charge is 2.47. The van der Waals surface area contributed by atoms with E-state index in [4.69, 9.17) is 4.98 Å². The summed E-state index contributed by atoms with van der Waals surface area (Å²) < 4.78 is 23.9. The number of anilines is 1. The van der Waals surface area contributed by atoms with Crippen molar-refractivity contribution in [3.8, 4) is 0 Å². The van der Waals surface area contributed by atoms with Crippen molar-refractivity contribution in [1.82, 2.24) is 10.3 Å². The minimum Gasteiger partial charge on any atom is -0.334 e. The molecular weight excluding hydrogens is 386 g/mol. The zero-order valence-corrected chi connectivity index (χ0v) is 17.8. The number of aromatic nitrogens is 1. The van der Waals surface area contributed by atoms with E-state index in [0.717, 1.165) is 35.5 Å². The second-order valence-corrected chi connectivity index (χ2v) is 10.4. The number of carbonyl (C=O) groups excluding carboxylic acids is 1. The van der Waals surface area contributed by atoms with E-state index < -0.39 is 9.84 Å². The monoisotopic (exact) mass is 413 g/mol. The van der Waals surface area contributed by atoms with Crippen LogP contribution < -0.4 is 10.2 Å². The molecule has 1 aliphatic carbocycles. The predicted molar refractivity (Wildman–Crippen MR) is 113 cm³/mol. The molecule has 154 valence electrons. The average molecular weight is 414 g/mol. The van der Waals surface area contributed by atoms with Gasteiger partial charge in [0.2, 0.25) is 0 Å². The van der Waals surface area contributed by atoms with Crippen LogP contribution in [0.25, 0.3) is 0 Å². The normalized spacial score (nSPS) is 17.5. The van der Waals surface area contributed by atoms with Crippen molar-refractivity contribution in [2.45, 2.75) is 56.4 Å². The third kappa shape index (κ3) is 3.64. The topological polar surface area (TPSA) is 79.4 Å². The minimum atomic E-state index is -3.21. The molecule has 2 amide bonds. The summed E-state index contributed by atoms with van der Waals surface area (Å²) >= 11 is 0. The molecule has 6 nitrogen and oxygen atoms in total. The molecule has 1 aliphatic heterocycles. The van der Waals surface area contributed by atoms with Gasteiger partial charge in [-0.05, 0) is 49.6 Å². The van der Waals surface area contributed by atoms with Crippen molar-refractivity contribution in [1.29, 1.82) is 0 Å². The molecule has 1 spiro atoms. The van der Waals surface area contributed by atoms with Crippen LogP contribution >= 0.6 is 0 Å². The number of amides is 2. The van der Waals surface area contributed by atoms with Crippen LogP contribution in [-0.4, -0.2) is 31.7 Å². The Morgan fingerprint density at radius 1 is 1.14 bits per heavy atom. The maximum atomic E-state index is 13.0. The average Bonchev–Trinajstić information content (AvgIpc) is 3.32. The fourth-order valence-electron chi connectivity index (χ4n) is 4.50. The molecule has 29 heavy (non-hydrogen) atoms. The summed E-state index contributed by atoms with van der Waals surface area (Å²) in [7, 11) is -3.21. The minimum absolute atomic E-state index is 0.00511. The maximum Gasteiger partial charge on any atom is 0.322 e. The van der Waals surface area contributed by atoms with Crippen molar-refractivity contribution < 1.29 is 13.2 Å². The Kier molecular flexibility index (Phi) is 5.11. The summed E-state index contributed by atoms with van der Waals surface area (Å²) in [5, 5.41) is 2.98. The Hall–Kier alpha value is -2.41. The lowest BCUT2D eigenvalue weighted by Gasteiger charge is -2.24. The van der Waals surface area contributed by atoms with Gasteiger partial charge in [-0.2, -0.15) is 0 Å². The smallest absolute Gasteiger partial charge is 0.322 e. The number of rotatable bonds is 4. The Morgan fingerprint density at radius 2 is 1.83 bits per heavy atom. The van der Waals surface area contributed by atoms with Crippen LogP contribution in [0.3, 0.4) is 0 Å². The molecule has 0 saturated heterocycles. The number of nitrogens with one attached hydrogen (secondary N) is 1. The van der Waals surface area contributed by atoms with Gasteiger partial charge in [0.15, 0.2) is 9.84 Å². The van der Waals surface area contributed by atoms with E-state index in [2.05, 4.69) is 5.32 Å². The van der Waals surface area contributed by atoms with Gasteiger partial charge in [-0.15, -0.1) is 0 Å². The van der Waals surface area contributed by atoms with Crippen molar-refractivity contribution in [2.75, 3.05) is 17.2 Å². The van der Waals surface area contributed by atoms with Crippen molar-refractivity contribution in [3.63, 3.8) is 0 Å². The molecule has 0 bridgehead atoms. The SMILES string of the molecule is CCS(=O)(=O)c1ccc(CNC(=O)N2CC3(CCCC3)c3nc(C)ccc32)cc1. The second kappa shape index (κ2) is 7.44. The molecule has 0 unspecified atom stereocenters. The van der Waals surface area contributed by atoms with Gasteiger partial charge in [-0.1, -0.05) is 31.9 Å². The number of pyridine rings is 1. The van der Waals surface area contributed by atoms with Gasteiger partial charge in [-0.3, -0.25) is 9.88 Å². The molecule has 4 rings (SSSR count). The van der Waals surface area contributed by atoms with Crippen LogP contribution in [0.1, 0.15) is 49.6 Å².